The molecule has 2 aromatic rings. The summed E-state index contributed by atoms with van der Waals surface area (Å²) in [5, 5.41) is 2.59. The van der Waals surface area contributed by atoms with Gasteiger partial charge in [0.25, 0.3) is 0 Å². The van der Waals surface area contributed by atoms with Crippen molar-refractivity contribution in [3.8, 4) is 5.75 Å². The summed E-state index contributed by atoms with van der Waals surface area (Å²) in [4.78, 5) is 2.36. The second-order valence-corrected chi connectivity index (χ2v) is 5.29. The van der Waals surface area contributed by atoms with Gasteiger partial charge in [0.2, 0.25) is 0 Å². The van der Waals surface area contributed by atoms with Crippen molar-refractivity contribution in [2.24, 2.45) is 0 Å². The number of likely N-dealkylation sites (N-methyl/N-ethyl adjacent to an activating group) is 1. The van der Waals surface area contributed by atoms with Crippen LogP contribution in [0.25, 0.3) is 10.8 Å². The van der Waals surface area contributed by atoms with Crippen molar-refractivity contribution in [3.05, 3.63) is 42.0 Å². The van der Waals surface area contributed by atoms with Crippen LogP contribution in [0.2, 0.25) is 0 Å². The predicted molar refractivity (Wildman–Crippen MR) is 82.0 cm³/mol. The molecule has 0 unspecified atom stereocenters. The number of rotatable bonds is 5. The second kappa shape index (κ2) is 6.07. The molecule has 2 heteroatoms. The number of hydrogen-bond donors (Lipinski definition) is 0. The molecule has 0 N–H and O–H groups in total. The summed E-state index contributed by atoms with van der Waals surface area (Å²) < 4.78 is 5.53. The number of hydrogen-bond acceptors (Lipinski definition) is 2. The normalized spacial score (nSPS) is 11.5. The molecule has 0 radical (unpaired) electrons. The Labute approximate surface area is 116 Å². The third kappa shape index (κ3) is 3.07. The lowest BCUT2D eigenvalue weighted by Crippen LogP contribution is -2.28. The average molecular weight is 257 g/mol. The van der Waals surface area contributed by atoms with Gasteiger partial charge in [-0.15, -0.1) is 0 Å². The van der Waals surface area contributed by atoms with Crippen LogP contribution >= 0.6 is 0 Å². The summed E-state index contributed by atoms with van der Waals surface area (Å²) in [6, 6.07) is 13.3. The molecule has 0 aliphatic rings. The van der Waals surface area contributed by atoms with Gasteiger partial charge in [-0.2, -0.15) is 0 Å². The largest absolute Gasteiger partial charge is 0.496 e. The van der Waals surface area contributed by atoms with Crippen molar-refractivity contribution in [1.29, 1.82) is 0 Å². The van der Waals surface area contributed by atoms with E-state index >= 15 is 0 Å². The topological polar surface area (TPSA) is 12.5 Å². The molecule has 102 valence electrons. The minimum atomic E-state index is 0.570. The molecule has 2 rings (SSSR count). The predicted octanol–water partition coefficient (Wildman–Crippen LogP) is 3.73. The molecule has 0 saturated heterocycles. The summed E-state index contributed by atoms with van der Waals surface area (Å²) in [7, 11) is 3.92. The standard InChI is InChI=1S/C17H23NO/c1-13(2)18(3)12-11-16-15-8-6-5-7-14(15)9-10-17(16)19-4/h5-10,13H,11-12H2,1-4H3. The van der Waals surface area contributed by atoms with Crippen molar-refractivity contribution in [2.75, 3.05) is 20.7 Å². The maximum Gasteiger partial charge on any atom is 0.122 e. The molecule has 19 heavy (non-hydrogen) atoms. The van der Waals surface area contributed by atoms with Crippen molar-refractivity contribution >= 4 is 10.8 Å². The van der Waals surface area contributed by atoms with Crippen LogP contribution in [0.1, 0.15) is 19.4 Å². The Morgan fingerprint density at radius 1 is 1.11 bits per heavy atom. The Kier molecular flexibility index (Phi) is 4.43. The molecule has 0 saturated carbocycles. The third-order valence-corrected chi connectivity index (χ3v) is 3.81. The molecular weight excluding hydrogens is 234 g/mol. The first kappa shape index (κ1) is 13.9. The molecule has 0 aliphatic carbocycles. The van der Waals surface area contributed by atoms with Crippen LogP contribution in [-0.4, -0.2) is 31.6 Å². The van der Waals surface area contributed by atoms with Gasteiger partial charge in [-0.3, -0.25) is 0 Å². The fraction of sp³-hybridized carbons (Fsp3) is 0.412. The highest BCUT2D eigenvalue weighted by Crippen LogP contribution is 2.28. The van der Waals surface area contributed by atoms with Crippen LogP contribution in [-0.2, 0) is 6.42 Å². The lowest BCUT2D eigenvalue weighted by molar-refractivity contribution is 0.276. The number of ether oxygens (including phenoxy) is 1. The zero-order valence-electron chi connectivity index (χ0n) is 12.3. The van der Waals surface area contributed by atoms with Gasteiger partial charge in [-0.1, -0.05) is 30.3 Å². The van der Waals surface area contributed by atoms with Crippen molar-refractivity contribution < 1.29 is 4.74 Å². The van der Waals surface area contributed by atoms with Gasteiger partial charge < -0.3 is 9.64 Å². The molecular formula is C17H23NO. The van der Waals surface area contributed by atoms with E-state index in [1.165, 1.54) is 16.3 Å². The Hall–Kier alpha value is -1.54. The van der Waals surface area contributed by atoms with E-state index in [1.54, 1.807) is 7.11 Å². The molecule has 2 nitrogen and oxygen atoms in total. The Bertz CT molecular complexity index is 548. The molecule has 0 aromatic heterocycles. The molecule has 0 heterocycles. The monoisotopic (exact) mass is 257 g/mol. The summed E-state index contributed by atoms with van der Waals surface area (Å²) in [6.45, 7) is 5.49. The Balaban J connectivity index is 2.33. The maximum absolute atomic E-state index is 5.53. The maximum atomic E-state index is 5.53. The van der Waals surface area contributed by atoms with Crippen molar-refractivity contribution in [1.82, 2.24) is 4.90 Å². The van der Waals surface area contributed by atoms with Crippen LogP contribution in [0.3, 0.4) is 0 Å². The molecule has 0 atom stereocenters. The van der Waals surface area contributed by atoms with E-state index in [-0.39, 0.29) is 0 Å². The SMILES string of the molecule is COc1ccc2ccccc2c1CCN(C)C(C)C. The zero-order valence-corrected chi connectivity index (χ0v) is 12.3. The number of methoxy groups -OCH3 is 1. The average Bonchev–Trinajstić information content (AvgIpc) is 2.43. The minimum Gasteiger partial charge on any atom is -0.496 e. The van der Waals surface area contributed by atoms with Crippen molar-refractivity contribution in [2.45, 2.75) is 26.3 Å². The fourth-order valence-corrected chi connectivity index (χ4v) is 2.31. The van der Waals surface area contributed by atoms with E-state index in [0.29, 0.717) is 6.04 Å². The van der Waals surface area contributed by atoms with E-state index in [4.69, 9.17) is 4.74 Å². The number of benzene rings is 2. The van der Waals surface area contributed by atoms with E-state index < -0.39 is 0 Å². The smallest absolute Gasteiger partial charge is 0.122 e. The fourth-order valence-electron chi connectivity index (χ4n) is 2.31. The minimum absolute atomic E-state index is 0.570. The van der Waals surface area contributed by atoms with Crippen LogP contribution in [0.15, 0.2) is 36.4 Å². The summed E-state index contributed by atoms with van der Waals surface area (Å²) in [5.41, 5.74) is 1.31. The first-order valence-electron chi connectivity index (χ1n) is 6.88. The van der Waals surface area contributed by atoms with Gasteiger partial charge in [0.1, 0.15) is 5.75 Å². The summed E-state index contributed by atoms with van der Waals surface area (Å²) in [6.07, 6.45) is 1.01. The van der Waals surface area contributed by atoms with Gasteiger partial charge in [-0.05, 0) is 44.2 Å². The Morgan fingerprint density at radius 2 is 1.84 bits per heavy atom. The Morgan fingerprint density at radius 3 is 2.53 bits per heavy atom. The van der Waals surface area contributed by atoms with E-state index in [0.717, 1.165) is 18.7 Å². The van der Waals surface area contributed by atoms with Gasteiger partial charge in [0.05, 0.1) is 7.11 Å². The van der Waals surface area contributed by atoms with Gasteiger partial charge in [0, 0.05) is 18.2 Å². The van der Waals surface area contributed by atoms with Crippen LogP contribution < -0.4 is 4.74 Å². The third-order valence-electron chi connectivity index (χ3n) is 3.81. The van der Waals surface area contributed by atoms with Crippen molar-refractivity contribution in [3.63, 3.8) is 0 Å². The number of fused-ring (bicyclic) bond motifs is 1. The molecule has 0 bridgehead atoms. The van der Waals surface area contributed by atoms with Crippen LogP contribution in [0.5, 0.6) is 5.75 Å². The van der Waals surface area contributed by atoms with Crippen LogP contribution in [0.4, 0.5) is 0 Å². The highest BCUT2D eigenvalue weighted by atomic mass is 16.5. The van der Waals surface area contributed by atoms with Gasteiger partial charge in [0.15, 0.2) is 0 Å². The lowest BCUT2D eigenvalue weighted by atomic mass is 10.0. The molecule has 0 spiro atoms. The van der Waals surface area contributed by atoms with E-state index in [1.807, 2.05) is 0 Å². The van der Waals surface area contributed by atoms with Gasteiger partial charge >= 0.3 is 0 Å². The first-order chi connectivity index (χ1) is 9.13. The second-order valence-electron chi connectivity index (χ2n) is 5.29. The van der Waals surface area contributed by atoms with E-state index in [9.17, 15) is 0 Å². The molecule has 0 aliphatic heterocycles. The lowest BCUT2D eigenvalue weighted by Gasteiger charge is -2.22. The van der Waals surface area contributed by atoms with Crippen LogP contribution in [0, 0.1) is 0 Å². The highest BCUT2D eigenvalue weighted by molar-refractivity contribution is 5.87. The summed E-state index contributed by atoms with van der Waals surface area (Å²) in [5.74, 6) is 0.996. The first-order valence-corrected chi connectivity index (χ1v) is 6.88. The zero-order chi connectivity index (χ0) is 13.8. The van der Waals surface area contributed by atoms with E-state index in [2.05, 4.69) is 62.2 Å². The molecule has 2 aromatic carbocycles. The number of nitrogens with zero attached hydrogens (tertiary/aromatic N) is 1. The molecule has 0 fully saturated rings. The highest BCUT2D eigenvalue weighted by Gasteiger charge is 2.10. The summed E-state index contributed by atoms with van der Waals surface area (Å²) >= 11 is 0. The van der Waals surface area contributed by atoms with Gasteiger partial charge in [-0.25, -0.2) is 0 Å². The quantitative estimate of drug-likeness (QED) is 0.809. The molecule has 0 amide bonds.